The van der Waals surface area contributed by atoms with Crippen LogP contribution in [0.15, 0.2) is 6.20 Å². The molecule has 0 aliphatic rings. The lowest BCUT2D eigenvalue weighted by Crippen LogP contribution is -2.12. The van der Waals surface area contributed by atoms with Gasteiger partial charge in [0.2, 0.25) is 0 Å². The average molecular weight is 199 g/mol. The normalized spacial score (nSPS) is 12.4. The monoisotopic (exact) mass is 199 g/mol. The number of nitro groups is 1. The van der Waals surface area contributed by atoms with Gasteiger partial charge >= 0.3 is 11.8 Å². The molecule has 76 valence electrons. The SMILES string of the molecule is CC(Cc1cn[nH]c1[N+](=O)[O-])C(=O)O. The Hall–Kier alpha value is -1.92. The third-order valence-electron chi connectivity index (χ3n) is 1.83. The van der Waals surface area contributed by atoms with Gasteiger partial charge in [-0.25, -0.2) is 0 Å². The molecule has 0 fully saturated rings. The first kappa shape index (κ1) is 10.2. The second-order valence-corrected chi connectivity index (χ2v) is 2.94. The Morgan fingerprint density at radius 1 is 1.86 bits per heavy atom. The summed E-state index contributed by atoms with van der Waals surface area (Å²) in [6, 6.07) is 0. The number of nitrogens with zero attached hydrogens (tertiary/aromatic N) is 2. The Balaban J connectivity index is 2.81. The van der Waals surface area contributed by atoms with Crippen molar-refractivity contribution in [1.82, 2.24) is 10.2 Å². The molecule has 1 rings (SSSR count). The van der Waals surface area contributed by atoms with E-state index in [1.54, 1.807) is 0 Å². The van der Waals surface area contributed by atoms with Gasteiger partial charge in [0.05, 0.1) is 17.7 Å². The van der Waals surface area contributed by atoms with Crippen molar-refractivity contribution in [3.05, 3.63) is 21.9 Å². The molecule has 0 aromatic carbocycles. The van der Waals surface area contributed by atoms with Crippen molar-refractivity contribution in [3.8, 4) is 0 Å². The van der Waals surface area contributed by atoms with Gasteiger partial charge in [-0.1, -0.05) is 12.0 Å². The van der Waals surface area contributed by atoms with Crippen LogP contribution in [0, 0.1) is 16.0 Å². The summed E-state index contributed by atoms with van der Waals surface area (Å²) in [5, 5.41) is 24.7. The summed E-state index contributed by atoms with van der Waals surface area (Å²) in [5.74, 6) is -1.88. The molecule has 0 saturated heterocycles. The predicted octanol–water partition coefficient (Wildman–Crippen LogP) is 0.581. The van der Waals surface area contributed by atoms with Crippen molar-refractivity contribution in [2.24, 2.45) is 5.92 Å². The van der Waals surface area contributed by atoms with E-state index >= 15 is 0 Å². The summed E-state index contributed by atoms with van der Waals surface area (Å²) in [7, 11) is 0. The zero-order valence-electron chi connectivity index (χ0n) is 7.43. The summed E-state index contributed by atoms with van der Waals surface area (Å²) in [6.45, 7) is 1.49. The maximum absolute atomic E-state index is 10.5. The fourth-order valence-electron chi connectivity index (χ4n) is 1.03. The largest absolute Gasteiger partial charge is 0.481 e. The fourth-order valence-corrected chi connectivity index (χ4v) is 1.03. The van der Waals surface area contributed by atoms with Gasteiger partial charge in [-0.05, 0) is 11.3 Å². The van der Waals surface area contributed by atoms with Crippen molar-refractivity contribution in [2.75, 3.05) is 0 Å². The fraction of sp³-hybridized carbons (Fsp3) is 0.429. The zero-order valence-corrected chi connectivity index (χ0v) is 7.43. The Morgan fingerprint density at radius 3 is 3.00 bits per heavy atom. The van der Waals surface area contributed by atoms with Gasteiger partial charge < -0.3 is 15.2 Å². The number of aliphatic carboxylic acids is 1. The van der Waals surface area contributed by atoms with Crippen molar-refractivity contribution in [2.45, 2.75) is 13.3 Å². The second-order valence-electron chi connectivity index (χ2n) is 2.94. The highest BCUT2D eigenvalue weighted by Crippen LogP contribution is 2.17. The Morgan fingerprint density at radius 2 is 2.50 bits per heavy atom. The molecule has 1 atom stereocenters. The molecule has 1 unspecified atom stereocenters. The average Bonchev–Trinajstić information content (AvgIpc) is 2.52. The molecule has 1 aromatic heterocycles. The Bertz CT molecular complexity index is 360. The first-order valence-corrected chi connectivity index (χ1v) is 3.91. The van der Waals surface area contributed by atoms with E-state index in [9.17, 15) is 14.9 Å². The minimum Gasteiger partial charge on any atom is -0.481 e. The van der Waals surface area contributed by atoms with Crippen LogP contribution >= 0.6 is 0 Å². The number of nitrogens with one attached hydrogen (secondary N) is 1. The lowest BCUT2D eigenvalue weighted by molar-refractivity contribution is -0.390. The van der Waals surface area contributed by atoms with Crippen LogP contribution in [0.4, 0.5) is 5.82 Å². The highest BCUT2D eigenvalue weighted by molar-refractivity contribution is 5.70. The number of carbonyl (C=O) groups is 1. The van der Waals surface area contributed by atoms with E-state index in [-0.39, 0.29) is 12.2 Å². The molecule has 0 bridgehead atoms. The number of H-pyrrole nitrogens is 1. The third kappa shape index (κ3) is 2.06. The molecule has 2 N–H and O–H groups in total. The molecule has 0 amide bonds. The van der Waals surface area contributed by atoms with Gasteiger partial charge in [0, 0.05) is 0 Å². The molecule has 0 radical (unpaired) electrons. The Labute approximate surface area is 78.9 Å². The standard InChI is InChI=1S/C7H9N3O4/c1-4(7(11)12)2-5-3-8-9-6(5)10(13)14/h3-4H,2H2,1H3,(H,8,9)(H,11,12). The van der Waals surface area contributed by atoms with Crippen molar-refractivity contribution < 1.29 is 14.8 Å². The molecule has 0 aliphatic heterocycles. The number of rotatable bonds is 4. The van der Waals surface area contributed by atoms with Gasteiger partial charge in [0.25, 0.3) is 0 Å². The highest BCUT2D eigenvalue weighted by Gasteiger charge is 2.20. The summed E-state index contributed by atoms with van der Waals surface area (Å²) in [4.78, 5) is 20.3. The molecule has 1 heterocycles. The van der Waals surface area contributed by atoms with Crippen LogP contribution in [0.2, 0.25) is 0 Å². The lowest BCUT2D eigenvalue weighted by atomic mass is 10.0. The molecular formula is C7H9N3O4. The van der Waals surface area contributed by atoms with Crippen molar-refractivity contribution in [3.63, 3.8) is 0 Å². The van der Waals surface area contributed by atoms with Crippen molar-refractivity contribution in [1.29, 1.82) is 0 Å². The van der Waals surface area contributed by atoms with Crippen molar-refractivity contribution >= 4 is 11.8 Å². The van der Waals surface area contributed by atoms with Crippen LogP contribution in [0.5, 0.6) is 0 Å². The van der Waals surface area contributed by atoms with E-state index in [0.29, 0.717) is 5.56 Å². The molecule has 0 spiro atoms. The van der Waals surface area contributed by atoms with Gasteiger partial charge in [0.15, 0.2) is 0 Å². The number of hydrogen-bond acceptors (Lipinski definition) is 4. The first-order chi connectivity index (χ1) is 6.52. The molecule has 7 nitrogen and oxygen atoms in total. The van der Waals surface area contributed by atoms with Crippen LogP contribution in [0.3, 0.4) is 0 Å². The topological polar surface area (TPSA) is 109 Å². The quantitative estimate of drug-likeness (QED) is 0.544. The van der Waals surface area contributed by atoms with Crippen LogP contribution in [0.25, 0.3) is 0 Å². The van der Waals surface area contributed by atoms with Crippen LogP contribution in [0.1, 0.15) is 12.5 Å². The number of carboxylic acids is 1. The second kappa shape index (κ2) is 3.86. The molecule has 7 heteroatoms. The van der Waals surface area contributed by atoms with E-state index in [2.05, 4.69) is 10.2 Å². The third-order valence-corrected chi connectivity index (χ3v) is 1.83. The van der Waals surface area contributed by atoms with E-state index in [0.717, 1.165) is 0 Å². The number of aromatic amines is 1. The molecule has 1 aromatic rings. The molecule has 0 saturated carbocycles. The molecule has 0 aliphatic carbocycles. The maximum Gasteiger partial charge on any atom is 0.345 e. The summed E-state index contributed by atoms with van der Waals surface area (Å²) in [6.07, 6.45) is 1.37. The molecular weight excluding hydrogens is 190 g/mol. The van der Waals surface area contributed by atoms with E-state index in [1.807, 2.05) is 0 Å². The van der Waals surface area contributed by atoms with E-state index < -0.39 is 16.8 Å². The summed E-state index contributed by atoms with van der Waals surface area (Å²) >= 11 is 0. The molecule has 14 heavy (non-hydrogen) atoms. The van der Waals surface area contributed by atoms with Crippen LogP contribution < -0.4 is 0 Å². The van der Waals surface area contributed by atoms with Gasteiger partial charge in [0.1, 0.15) is 0 Å². The van der Waals surface area contributed by atoms with Gasteiger partial charge in [-0.2, -0.15) is 0 Å². The van der Waals surface area contributed by atoms with Gasteiger partial charge in [-0.15, -0.1) is 5.10 Å². The maximum atomic E-state index is 10.5. The number of aromatic nitrogens is 2. The Kier molecular flexibility index (Phi) is 2.80. The minimum atomic E-state index is -0.986. The highest BCUT2D eigenvalue weighted by atomic mass is 16.6. The first-order valence-electron chi connectivity index (χ1n) is 3.91. The number of carboxylic acid groups (broad SMARTS) is 1. The predicted molar refractivity (Wildman–Crippen MR) is 45.7 cm³/mol. The summed E-state index contributed by atoms with van der Waals surface area (Å²) in [5.41, 5.74) is 0.310. The van der Waals surface area contributed by atoms with Crippen LogP contribution in [-0.2, 0) is 11.2 Å². The smallest absolute Gasteiger partial charge is 0.345 e. The summed E-state index contributed by atoms with van der Waals surface area (Å²) < 4.78 is 0. The lowest BCUT2D eigenvalue weighted by Gasteiger charge is -2.02. The number of hydrogen-bond donors (Lipinski definition) is 2. The zero-order chi connectivity index (χ0) is 10.7. The van der Waals surface area contributed by atoms with E-state index in [1.165, 1.54) is 13.1 Å². The van der Waals surface area contributed by atoms with E-state index in [4.69, 9.17) is 5.11 Å². The van der Waals surface area contributed by atoms with Crippen LogP contribution in [-0.4, -0.2) is 26.2 Å². The van der Waals surface area contributed by atoms with Gasteiger partial charge in [-0.3, -0.25) is 4.79 Å². The minimum absolute atomic E-state index is 0.0994.